The average Bonchev–Trinajstić information content (AvgIpc) is 2.72. The third-order valence-electron chi connectivity index (χ3n) is 5.08. The SMILES string of the molecule is Cc1ccc2c(c1C)OC(C)(C)C2(O)c1cccc(C(C)O)c1. The number of ether oxygens (including phenoxy) is 1. The van der Waals surface area contributed by atoms with Crippen molar-refractivity contribution in [1.29, 1.82) is 0 Å². The van der Waals surface area contributed by atoms with Crippen LogP contribution in [0.3, 0.4) is 0 Å². The van der Waals surface area contributed by atoms with Gasteiger partial charge in [0.1, 0.15) is 11.4 Å². The monoisotopic (exact) mass is 312 g/mol. The molecule has 3 nitrogen and oxygen atoms in total. The standard InChI is InChI=1S/C20H24O3/c1-12-9-10-17-18(13(12)2)23-19(4,5)20(17,22)16-8-6-7-15(11-16)14(3)21/h6-11,14,21-22H,1-5H3. The highest BCUT2D eigenvalue weighted by Crippen LogP contribution is 2.53. The summed E-state index contributed by atoms with van der Waals surface area (Å²) >= 11 is 0. The van der Waals surface area contributed by atoms with E-state index in [0.29, 0.717) is 0 Å². The Hall–Kier alpha value is -1.84. The Morgan fingerprint density at radius 2 is 1.78 bits per heavy atom. The zero-order valence-corrected chi connectivity index (χ0v) is 14.3. The lowest BCUT2D eigenvalue weighted by atomic mass is 9.75. The maximum absolute atomic E-state index is 11.7. The van der Waals surface area contributed by atoms with Crippen molar-refractivity contribution in [2.75, 3.05) is 0 Å². The summed E-state index contributed by atoms with van der Waals surface area (Å²) in [4.78, 5) is 0. The lowest BCUT2D eigenvalue weighted by Gasteiger charge is -2.36. The number of benzene rings is 2. The zero-order valence-electron chi connectivity index (χ0n) is 14.3. The van der Waals surface area contributed by atoms with Gasteiger partial charge in [0.15, 0.2) is 5.60 Å². The summed E-state index contributed by atoms with van der Waals surface area (Å²) in [5, 5.41) is 21.5. The van der Waals surface area contributed by atoms with E-state index in [1.165, 1.54) is 0 Å². The van der Waals surface area contributed by atoms with Crippen LogP contribution >= 0.6 is 0 Å². The summed E-state index contributed by atoms with van der Waals surface area (Å²) in [7, 11) is 0. The topological polar surface area (TPSA) is 49.7 Å². The fraction of sp³-hybridized carbons (Fsp3) is 0.400. The molecular formula is C20H24O3. The molecule has 0 fully saturated rings. The molecule has 23 heavy (non-hydrogen) atoms. The van der Waals surface area contributed by atoms with Crippen molar-refractivity contribution in [3.63, 3.8) is 0 Å². The van der Waals surface area contributed by atoms with Crippen LogP contribution in [-0.4, -0.2) is 15.8 Å². The summed E-state index contributed by atoms with van der Waals surface area (Å²) < 4.78 is 6.16. The van der Waals surface area contributed by atoms with Crippen LogP contribution in [0.25, 0.3) is 0 Å². The highest BCUT2D eigenvalue weighted by molar-refractivity contribution is 5.57. The quantitative estimate of drug-likeness (QED) is 0.887. The molecule has 3 rings (SSSR count). The number of aliphatic hydroxyl groups excluding tert-OH is 1. The number of aliphatic hydroxyl groups is 2. The van der Waals surface area contributed by atoms with E-state index in [1.54, 1.807) is 6.92 Å². The predicted octanol–water partition coefficient (Wildman–Crippen LogP) is 3.76. The van der Waals surface area contributed by atoms with Crippen LogP contribution in [0.2, 0.25) is 0 Å². The fourth-order valence-electron chi connectivity index (χ4n) is 3.39. The van der Waals surface area contributed by atoms with Crippen molar-refractivity contribution in [2.24, 2.45) is 0 Å². The second kappa shape index (κ2) is 5.08. The van der Waals surface area contributed by atoms with Crippen LogP contribution in [0.4, 0.5) is 0 Å². The molecule has 2 N–H and O–H groups in total. The Labute approximate surface area is 137 Å². The molecular weight excluding hydrogens is 288 g/mol. The Morgan fingerprint density at radius 3 is 2.43 bits per heavy atom. The van der Waals surface area contributed by atoms with Crippen molar-refractivity contribution in [3.05, 3.63) is 64.2 Å². The molecule has 0 saturated carbocycles. The summed E-state index contributed by atoms with van der Waals surface area (Å²) in [5.74, 6) is 0.764. The van der Waals surface area contributed by atoms with Crippen LogP contribution < -0.4 is 4.74 Å². The van der Waals surface area contributed by atoms with Crippen LogP contribution in [0, 0.1) is 13.8 Å². The van der Waals surface area contributed by atoms with E-state index in [1.807, 2.05) is 64.1 Å². The van der Waals surface area contributed by atoms with Crippen molar-refractivity contribution < 1.29 is 14.9 Å². The average molecular weight is 312 g/mol. The minimum atomic E-state index is -1.26. The maximum Gasteiger partial charge on any atom is 0.157 e. The van der Waals surface area contributed by atoms with E-state index in [9.17, 15) is 10.2 Å². The van der Waals surface area contributed by atoms with Gasteiger partial charge in [-0.25, -0.2) is 0 Å². The van der Waals surface area contributed by atoms with Gasteiger partial charge in [0.25, 0.3) is 0 Å². The van der Waals surface area contributed by atoms with Gasteiger partial charge in [-0.05, 0) is 62.9 Å². The molecule has 0 amide bonds. The first-order chi connectivity index (χ1) is 10.7. The zero-order chi connectivity index (χ0) is 17.0. The largest absolute Gasteiger partial charge is 0.483 e. The van der Waals surface area contributed by atoms with Crippen molar-refractivity contribution >= 4 is 0 Å². The molecule has 0 bridgehead atoms. The normalized spacial score (nSPS) is 23.3. The Balaban J connectivity index is 2.26. The van der Waals surface area contributed by atoms with Crippen molar-refractivity contribution in [3.8, 4) is 5.75 Å². The van der Waals surface area contributed by atoms with E-state index < -0.39 is 17.3 Å². The molecule has 122 valence electrons. The number of hydrogen-bond donors (Lipinski definition) is 2. The molecule has 2 aromatic rings. The predicted molar refractivity (Wildman–Crippen MR) is 90.7 cm³/mol. The van der Waals surface area contributed by atoms with Crippen LogP contribution in [-0.2, 0) is 5.60 Å². The smallest absolute Gasteiger partial charge is 0.157 e. The molecule has 0 aliphatic carbocycles. The molecule has 2 atom stereocenters. The van der Waals surface area contributed by atoms with E-state index >= 15 is 0 Å². The van der Waals surface area contributed by atoms with E-state index in [4.69, 9.17) is 4.74 Å². The van der Waals surface area contributed by atoms with Gasteiger partial charge in [0, 0.05) is 5.56 Å². The van der Waals surface area contributed by atoms with E-state index in [2.05, 4.69) is 0 Å². The molecule has 0 radical (unpaired) electrons. The minimum Gasteiger partial charge on any atom is -0.483 e. The Morgan fingerprint density at radius 1 is 1.09 bits per heavy atom. The minimum absolute atomic E-state index is 0.580. The molecule has 1 heterocycles. The van der Waals surface area contributed by atoms with Crippen LogP contribution in [0.5, 0.6) is 5.75 Å². The van der Waals surface area contributed by atoms with Gasteiger partial charge in [0.2, 0.25) is 0 Å². The molecule has 0 aromatic heterocycles. The lowest BCUT2D eigenvalue weighted by Crippen LogP contribution is -2.47. The van der Waals surface area contributed by atoms with Gasteiger partial charge in [-0.3, -0.25) is 0 Å². The summed E-state index contributed by atoms with van der Waals surface area (Å²) in [6.07, 6.45) is -0.580. The van der Waals surface area contributed by atoms with Gasteiger partial charge in [-0.2, -0.15) is 0 Å². The molecule has 2 unspecified atom stereocenters. The Bertz CT molecular complexity index is 761. The first kappa shape index (κ1) is 16.0. The van der Waals surface area contributed by atoms with Crippen LogP contribution in [0.15, 0.2) is 36.4 Å². The van der Waals surface area contributed by atoms with E-state index in [-0.39, 0.29) is 0 Å². The van der Waals surface area contributed by atoms with Crippen LogP contribution in [0.1, 0.15) is 54.7 Å². The number of rotatable bonds is 2. The molecule has 0 saturated heterocycles. The van der Waals surface area contributed by atoms with Gasteiger partial charge >= 0.3 is 0 Å². The first-order valence-corrected chi connectivity index (χ1v) is 7.99. The van der Waals surface area contributed by atoms with Gasteiger partial charge < -0.3 is 14.9 Å². The molecule has 0 spiro atoms. The fourth-order valence-corrected chi connectivity index (χ4v) is 3.39. The highest BCUT2D eigenvalue weighted by atomic mass is 16.5. The molecule has 1 aliphatic heterocycles. The third kappa shape index (κ3) is 2.19. The molecule has 2 aromatic carbocycles. The van der Waals surface area contributed by atoms with Gasteiger partial charge in [0.05, 0.1) is 6.10 Å². The number of hydrogen-bond acceptors (Lipinski definition) is 3. The second-order valence-electron chi connectivity index (χ2n) is 7.01. The van der Waals surface area contributed by atoms with E-state index in [0.717, 1.165) is 33.6 Å². The molecule has 1 aliphatic rings. The van der Waals surface area contributed by atoms with Crippen molar-refractivity contribution in [2.45, 2.75) is 51.9 Å². The number of fused-ring (bicyclic) bond motifs is 1. The molecule has 3 heteroatoms. The lowest BCUT2D eigenvalue weighted by molar-refractivity contribution is -0.0644. The number of aryl methyl sites for hydroxylation is 1. The first-order valence-electron chi connectivity index (χ1n) is 7.99. The summed E-state index contributed by atoms with van der Waals surface area (Å²) in [6.45, 7) is 9.58. The summed E-state index contributed by atoms with van der Waals surface area (Å²) in [6, 6.07) is 11.4. The van der Waals surface area contributed by atoms with Gasteiger partial charge in [-0.15, -0.1) is 0 Å². The second-order valence-corrected chi connectivity index (χ2v) is 7.01. The highest BCUT2D eigenvalue weighted by Gasteiger charge is 2.55. The Kier molecular flexibility index (Phi) is 3.54. The van der Waals surface area contributed by atoms with Gasteiger partial charge in [-0.1, -0.05) is 30.3 Å². The summed E-state index contributed by atoms with van der Waals surface area (Å²) in [5.41, 5.74) is 2.44. The van der Waals surface area contributed by atoms with Crippen molar-refractivity contribution in [1.82, 2.24) is 0 Å². The third-order valence-corrected chi connectivity index (χ3v) is 5.08. The maximum atomic E-state index is 11.7.